The monoisotopic (exact) mass is 411 g/mol. The molecule has 1 atom stereocenters. The molecule has 0 aliphatic rings. The minimum Gasteiger partial charge on any atom is -0.493 e. The van der Waals surface area contributed by atoms with Crippen molar-refractivity contribution in [3.8, 4) is 11.5 Å². The number of nitrogens with zero attached hydrogens (tertiary/aromatic N) is 1. The average molecular weight is 412 g/mol. The van der Waals surface area contributed by atoms with Crippen molar-refractivity contribution in [3.63, 3.8) is 0 Å². The van der Waals surface area contributed by atoms with Gasteiger partial charge in [-0.05, 0) is 43.0 Å². The maximum Gasteiger partial charge on any atom is 0.223 e. The molecular weight excluding hydrogens is 374 g/mol. The Labute approximate surface area is 182 Å². The molecule has 0 N–H and O–H groups in total. The number of hydrogen-bond acceptors (Lipinski definition) is 3. The summed E-state index contributed by atoms with van der Waals surface area (Å²) in [6.07, 6.45) is 6.02. The predicted octanol–water partition coefficient (Wildman–Crippen LogP) is 6.37. The zero-order valence-corrected chi connectivity index (χ0v) is 19.0. The normalized spacial score (nSPS) is 11.7. The Balaban J connectivity index is 2.09. The first kappa shape index (κ1) is 23.8. The van der Waals surface area contributed by atoms with Gasteiger partial charge in [0.25, 0.3) is 0 Å². The molecule has 2 aromatic rings. The molecule has 0 unspecified atom stereocenters. The molecule has 0 aliphatic heterocycles. The van der Waals surface area contributed by atoms with Crippen molar-refractivity contribution in [3.05, 3.63) is 59.7 Å². The van der Waals surface area contributed by atoms with Gasteiger partial charge in [-0.3, -0.25) is 4.79 Å². The average Bonchev–Trinajstić information content (AvgIpc) is 2.79. The highest BCUT2D eigenvalue weighted by atomic mass is 16.5. The van der Waals surface area contributed by atoms with E-state index >= 15 is 0 Å². The van der Waals surface area contributed by atoms with Crippen LogP contribution in [-0.4, -0.2) is 24.0 Å². The van der Waals surface area contributed by atoms with Crippen LogP contribution in [0.3, 0.4) is 0 Å². The lowest BCUT2D eigenvalue weighted by Crippen LogP contribution is -2.37. The maximum atomic E-state index is 12.9. The van der Waals surface area contributed by atoms with Gasteiger partial charge in [0.15, 0.2) is 11.5 Å². The van der Waals surface area contributed by atoms with Crippen LogP contribution in [0.4, 0.5) is 0 Å². The molecule has 0 aliphatic carbocycles. The highest BCUT2D eigenvalue weighted by molar-refractivity contribution is 5.76. The molecule has 30 heavy (non-hydrogen) atoms. The van der Waals surface area contributed by atoms with Crippen LogP contribution in [0.25, 0.3) is 0 Å². The molecule has 0 heterocycles. The molecule has 2 aromatic carbocycles. The predicted molar refractivity (Wildman–Crippen MR) is 123 cm³/mol. The molecule has 4 nitrogen and oxygen atoms in total. The fourth-order valence-corrected chi connectivity index (χ4v) is 3.42. The van der Waals surface area contributed by atoms with E-state index in [0.717, 1.165) is 30.4 Å². The van der Waals surface area contributed by atoms with Gasteiger partial charge in [-0.2, -0.15) is 0 Å². The molecule has 2 rings (SSSR count). The Morgan fingerprint density at radius 1 is 0.967 bits per heavy atom. The number of benzene rings is 2. The van der Waals surface area contributed by atoms with E-state index in [9.17, 15) is 4.79 Å². The molecule has 164 valence electrons. The highest BCUT2D eigenvalue weighted by Crippen LogP contribution is 2.30. The van der Waals surface area contributed by atoms with Gasteiger partial charge in [0.2, 0.25) is 5.91 Å². The topological polar surface area (TPSA) is 38.8 Å². The van der Waals surface area contributed by atoms with E-state index in [1.165, 1.54) is 12.8 Å². The summed E-state index contributed by atoms with van der Waals surface area (Å²) in [5, 5.41) is 0. The van der Waals surface area contributed by atoms with Crippen molar-refractivity contribution in [2.75, 3.05) is 7.11 Å². The van der Waals surface area contributed by atoms with Crippen LogP contribution in [0, 0.1) is 0 Å². The van der Waals surface area contributed by atoms with E-state index in [-0.39, 0.29) is 11.9 Å². The summed E-state index contributed by atoms with van der Waals surface area (Å²) < 4.78 is 11.5. The Bertz CT molecular complexity index is 760. The number of rotatable bonds is 13. The molecule has 0 fully saturated rings. The summed E-state index contributed by atoms with van der Waals surface area (Å²) in [5.74, 6) is 1.65. The SMILES string of the molecule is CCCCCCC(=O)N(Cc1ccc(OC)c(OCc2ccccc2)c1)[C@@H](C)CC. The number of ether oxygens (including phenoxy) is 2. The van der Waals surface area contributed by atoms with Gasteiger partial charge < -0.3 is 14.4 Å². The maximum absolute atomic E-state index is 12.9. The number of carbonyl (C=O) groups is 1. The van der Waals surface area contributed by atoms with Crippen molar-refractivity contribution in [2.45, 2.75) is 78.5 Å². The number of hydrogen-bond donors (Lipinski definition) is 0. The number of amides is 1. The van der Waals surface area contributed by atoms with Crippen LogP contribution in [0.5, 0.6) is 11.5 Å². The second kappa shape index (κ2) is 12.9. The summed E-state index contributed by atoms with van der Waals surface area (Å²) in [6, 6.07) is 16.2. The van der Waals surface area contributed by atoms with Gasteiger partial charge >= 0.3 is 0 Å². The van der Waals surface area contributed by atoms with Crippen LogP contribution >= 0.6 is 0 Å². The van der Waals surface area contributed by atoms with E-state index < -0.39 is 0 Å². The Hall–Kier alpha value is -2.49. The second-order valence-corrected chi connectivity index (χ2v) is 7.85. The lowest BCUT2D eigenvalue weighted by molar-refractivity contribution is -0.134. The summed E-state index contributed by atoms with van der Waals surface area (Å²) in [7, 11) is 1.65. The smallest absolute Gasteiger partial charge is 0.223 e. The van der Waals surface area contributed by atoms with Crippen molar-refractivity contribution >= 4 is 5.91 Å². The van der Waals surface area contributed by atoms with Crippen LogP contribution < -0.4 is 9.47 Å². The molecule has 1 amide bonds. The molecule has 4 heteroatoms. The Morgan fingerprint density at radius 3 is 2.40 bits per heavy atom. The minimum absolute atomic E-state index is 0.208. The van der Waals surface area contributed by atoms with Gasteiger partial charge in [-0.25, -0.2) is 0 Å². The largest absolute Gasteiger partial charge is 0.493 e. The van der Waals surface area contributed by atoms with Gasteiger partial charge in [0.05, 0.1) is 7.11 Å². The van der Waals surface area contributed by atoms with E-state index in [4.69, 9.17) is 9.47 Å². The molecule has 0 saturated carbocycles. The molecule has 0 spiro atoms. The first-order valence-corrected chi connectivity index (χ1v) is 11.2. The quantitative estimate of drug-likeness (QED) is 0.359. The third kappa shape index (κ3) is 7.40. The molecule has 0 saturated heterocycles. The number of methoxy groups -OCH3 is 1. The Morgan fingerprint density at radius 2 is 1.73 bits per heavy atom. The fraction of sp³-hybridized carbons (Fsp3) is 0.500. The standard InChI is InChI=1S/C26H37NO3/c1-5-7-8-12-15-26(28)27(21(3)6-2)19-23-16-17-24(29-4)25(18-23)30-20-22-13-10-9-11-14-22/h9-11,13-14,16-18,21H,5-8,12,15,19-20H2,1-4H3/t21-/m0/s1. The van der Waals surface area contributed by atoms with Crippen molar-refractivity contribution in [1.82, 2.24) is 4.90 Å². The van der Waals surface area contributed by atoms with Gasteiger partial charge in [-0.1, -0.05) is 69.5 Å². The first-order valence-electron chi connectivity index (χ1n) is 11.2. The third-order valence-electron chi connectivity index (χ3n) is 5.51. The third-order valence-corrected chi connectivity index (χ3v) is 5.51. The van der Waals surface area contributed by atoms with Gasteiger partial charge in [0.1, 0.15) is 6.61 Å². The highest BCUT2D eigenvalue weighted by Gasteiger charge is 2.19. The molecule has 0 aromatic heterocycles. The zero-order chi connectivity index (χ0) is 21.8. The summed E-state index contributed by atoms with van der Waals surface area (Å²) in [4.78, 5) is 14.9. The van der Waals surface area contributed by atoms with Crippen molar-refractivity contribution in [2.24, 2.45) is 0 Å². The van der Waals surface area contributed by atoms with Crippen LogP contribution in [0.2, 0.25) is 0 Å². The molecule has 0 bridgehead atoms. The van der Waals surface area contributed by atoms with Crippen LogP contribution in [0.1, 0.15) is 70.4 Å². The summed E-state index contributed by atoms with van der Waals surface area (Å²) >= 11 is 0. The minimum atomic E-state index is 0.208. The number of carbonyl (C=O) groups excluding carboxylic acids is 1. The van der Waals surface area contributed by atoms with Crippen LogP contribution in [-0.2, 0) is 17.9 Å². The van der Waals surface area contributed by atoms with Crippen molar-refractivity contribution in [1.29, 1.82) is 0 Å². The second-order valence-electron chi connectivity index (χ2n) is 7.85. The fourth-order valence-electron chi connectivity index (χ4n) is 3.42. The van der Waals surface area contributed by atoms with E-state index in [1.54, 1.807) is 7.11 Å². The van der Waals surface area contributed by atoms with Gasteiger partial charge in [0, 0.05) is 19.0 Å². The molecular formula is C26H37NO3. The molecule has 0 radical (unpaired) electrons. The van der Waals surface area contributed by atoms with Crippen molar-refractivity contribution < 1.29 is 14.3 Å². The summed E-state index contributed by atoms with van der Waals surface area (Å²) in [6.45, 7) is 7.51. The van der Waals surface area contributed by atoms with Gasteiger partial charge in [-0.15, -0.1) is 0 Å². The lowest BCUT2D eigenvalue weighted by atomic mass is 10.1. The summed E-state index contributed by atoms with van der Waals surface area (Å²) in [5.41, 5.74) is 2.16. The van der Waals surface area contributed by atoms with E-state index in [0.29, 0.717) is 31.1 Å². The lowest BCUT2D eigenvalue weighted by Gasteiger charge is -2.29. The van der Waals surface area contributed by atoms with E-state index in [2.05, 4.69) is 20.8 Å². The number of unbranched alkanes of at least 4 members (excludes halogenated alkanes) is 3. The zero-order valence-electron chi connectivity index (χ0n) is 19.0. The Kier molecular flexibility index (Phi) is 10.3. The van der Waals surface area contributed by atoms with Crippen LogP contribution in [0.15, 0.2) is 48.5 Å². The first-order chi connectivity index (χ1) is 14.6. The van der Waals surface area contributed by atoms with E-state index in [1.807, 2.05) is 53.4 Å².